The SMILES string of the molecule is CC(C)(C)c1c(OC2CC2)ccnc1C(=O)O. The molecule has 0 amide bonds. The summed E-state index contributed by atoms with van der Waals surface area (Å²) in [4.78, 5) is 15.2. The fraction of sp³-hybridized carbons (Fsp3) is 0.538. The molecule has 4 heteroatoms. The monoisotopic (exact) mass is 235 g/mol. The number of carbonyl (C=O) groups is 1. The maximum absolute atomic E-state index is 11.2. The summed E-state index contributed by atoms with van der Waals surface area (Å²) in [6, 6.07) is 1.76. The molecule has 1 fully saturated rings. The number of aromatic carboxylic acids is 1. The molecule has 0 spiro atoms. The van der Waals surface area contributed by atoms with Gasteiger partial charge in [0.2, 0.25) is 0 Å². The smallest absolute Gasteiger partial charge is 0.354 e. The fourth-order valence-electron chi connectivity index (χ4n) is 1.79. The molecule has 4 nitrogen and oxygen atoms in total. The Morgan fingerprint density at radius 1 is 1.47 bits per heavy atom. The highest BCUT2D eigenvalue weighted by Gasteiger charge is 2.31. The number of carboxylic acid groups (broad SMARTS) is 1. The van der Waals surface area contributed by atoms with Gasteiger partial charge >= 0.3 is 5.97 Å². The molecule has 0 bridgehead atoms. The molecule has 2 rings (SSSR count). The van der Waals surface area contributed by atoms with E-state index >= 15 is 0 Å². The minimum Gasteiger partial charge on any atom is -0.490 e. The van der Waals surface area contributed by atoms with Crippen LogP contribution in [0.4, 0.5) is 0 Å². The molecule has 1 saturated carbocycles. The van der Waals surface area contributed by atoms with Crippen molar-refractivity contribution >= 4 is 5.97 Å². The largest absolute Gasteiger partial charge is 0.490 e. The second-order valence-electron chi connectivity index (χ2n) is 5.41. The van der Waals surface area contributed by atoms with Crippen molar-refractivity contribution in [1.82, 2.24) is 4.98 Å². The lowest BCUT2D eigenvalue weighted by molar-refractivity contribution is 0.0686. The van der Waals surface area contributed by atoms with Gasteiger partial charge in [-0.05, 0) is 24.3 Å². The normalized spacial score (nSPS) is 15.7. The predicted molar refractivity (Wildman–Crippen MR) is 63.5 cm³/mol. The lowest BCUT2D eigenvalue weighted by Crippen LogP contribution is -2.20. The number of hydrogen-bond acceptors (Lipinski definition) is 3. The number of carboxylic acids is 1. The summed E-state index contributed by atoms with van der Waals surface area (Å²) >= 11 is 0. The highest BCUT2D eigenvalue weighted by atomic mass is 16.5. The molecule has 0 atom stereocenters. The summed E-state index contributed by atoms with van der Waals surface area (Å²) in [6.45, 7) is 5.91. The summed E-state index contributed by atoms with van der Waals surface area (Å²) in [7, 11) is 0. The van der Waals surface area contributed by atoms with Crippen molar-refractivity contribution in [3.63, 3.8) is 0 Å². The topological polar surface area (TPSA) is 59.4 Å². The number of pyridine rings is 1. The van der Waals surface area contributed by atoms with E-state index in [2.05, 4.69) is 4.98 Å². The molecule has 17 heavy (non-hydrogen) atoms. The Morgan fingerprint density at radius 3 is 2.59 bits per heavy atom. The third kappa shape index (κ3) is 2.57. The number of nitrogens with zero attached hydrogens (tertiary/aromatic N) is 1. The van der Waals surface area contributed by atoms with E-state index in [0.29, 0.717) is 11.3 Å². The molecule has 0 saturated heterocycles. The van der Waals surface area contributed by atoms with Gasteiger partial charge in [-0.1, -0.05) is 20.8 Å². The molecule has 1 heterocycles. The summed E-state index contributed by atoms with van der Waals surface area (Å²) in [5, 5.41) is 9.19. The first-order chi connectivity index (χ1) is 7.89. The minimum atomic E-state index is -1.00. The van der Waals surface area contributed by atoms with E-state index in [9.17, 15) is 9.90 Å². The van der Waals surface area contributed by atoms with Crippen LogP contribution in [0, 0.1) is 0 Å². The third-order valence-electron chi connectivity index (χ3n) is 2.68. The zero-order valence-corrected chi connectivity index (χ0v) is 10.4. The quantitative estimate of drug-likeness (QED) is 0.874. The molecule has 1 aliphatic rings. The lowest BCUT2D eigenvalue weighted by atomic mass is 9.85. The predicted octanol–water partition coefficient (Wildman–Crippen LogP) is 2.62. The molecular weight excluding hydrogens is 218 g/mol. The number of hydrogen-bond donors (Lipinski definition) is 1. The molecule has 0 aromatic carbocycles. The molecular formula is C13H17NO3. The van der Waals surface area contributed by atoms with Crippen molar-refractivity contribution in [2.75, 3.05) is 0 Å². The van der Waals surface area contributed by atoms with Gasteiger partial charge in [-0.2, -0.15) is 0 Å². The number of rotatable bonds is 3. The van der Waals surface area contributed by atoms with E-state index in [1.54, 1.807) is 6.07 Å². The zero-order chi connectivity index (χ0) is 12.6. The van der Waals surface area contributed by atoms with Gasteiger partial charge < -0.3 is 9.84 Å². The highest BCUT2D eigenvalue weighted by molar-refractivity contribution is 5.88. The Hall–Kier alpha value is -1.58. The van der Waals surface area contributed by atoms with E-state index in [-0.39, 0.29) is 17.2 Å². The van der Waals surface area contributed by atoms with Gasteiger partial charge in [0.05, 0.1) is 6.10 Å². The van der Waals surface area contributed by atoms with Crippen molar-refractivity contribution in [1.29, 1.82) is 0 Å². The first-order valence-corrected chi connectivity index (χ1v) is 5.79. The van der Waals surface area contributed by atoms with Gasteiger partial charge in [-0.25, -0.2) is 9.78 Å². The number of aromatic nitrogens is 1. The maximum atomic E-state index is 11.2. The Bertz CT molecular complexity index is 444. The van der Waals surface area contributed by atoms with E-state index < -0.39 is 5.97 Å². The Balaban J connectivity index is 2.49. The Labute approximate surface area is 101 Å². The van der Waals surface area contributed by atoms with Crippen molar-refractivity contribution < 1.29 is 14.6 Å². The number of ether oxygens (including phenoxy) is 1. The zero-order valence-electron chi connectivity index (χ0n) is 10.4. The van der Waals surface area contributed by atoms with E-state index in [0.717, 1.165) is 12.8 Å². The standard InChI is InChI=1S/C13H17NO3/c1-13(2,3)10-9(17-8-4-5-8)6-7-14-11(10)12(15)16/h6-8H,4-5H2,1-3H3,(H,15,16). The Kier molecular flexibility index (Phi) is 2.81. The first-order valence-electron chi connectivity index (χ1n) is 5.79. The summed E-state index contributed by atoms with van der Waals surface area (Å²) in [5.41, 5.74) is 0.474. The van der Waals surface area contributed by atoms with Crippen molar-refractivity contribution in [3.05, 3.63) is 23.5 Å². The van der Waals surface area contributed by atoms with Crippen molar-refractivity contribution in [2.24, 2.45) is 0 Å². The van der Waals surface area contributed by atoms with Crippen LogP contribution in [0.25, 0.3) is 0 Å². The first kappa shape index (κ1) is 11.9. The van der Waals surface area contributed by atoms with Gasteiger partial charge in [0.25, 0.3) is 0 Å². The molecule has 0 aliphatic heterocycles. The third-order valence-corrected chi connectivity index (χ3v) is 2.68. The summed E-state index contributed by atoms with van der Waals surface area (Å²) < 4.78 is 5.77. The molecule has 1 aromatic heterocycles. The van der Waals surface area contributed by atoms with Gasteiger partial charge in [-0.3, -0.25) is 0 Å². The van der Waals surface area contributed by atoms with Crippen LogP contribution in [0.5, 0.6) is 5.75 Å². The van der Waals surface area contributed by atoms with Gasteiger partial charge in [0, 0.05) is 11.8 Å². The summed E-state index contributed by atoms with van der Waals surface area (Å²) in [5.74, 6) is -0.344. The van der Waals surface area contributed by atoms with Crippen LogP contribution in [0.15, 0.2) is 12.3 Å². The van der Waals surface area contributed by atoms with Gasteiger partial charge in [0.15, 0.2) is 5.69 Å². The van der Waals surface area contributed by atoms with Crippen LogP contribution in [0.1, 0.15) is 49.7 Å². The molecule has 0 radical (unpaired) electrons. The van der Waals surface area contributed by atoms with Crippen LogP contribution < -0.4 is 4.74 Å². The minimum absolute atomic E-state index is 0.0932. The molecule has 0 unspecified atom stereocenters. The average molecular weight is 235 g/mol. The maximum Gasteiger partial charge on any atom is 0.354 e. The second-order valence-corrected chi connectivity index (χ2v) is 5.41. The van der Waals surface area contributed by atoms with Crippen LogP contribution in [-0.2, 0) is 5.41 Å². The Morgan fingerprint density at radius 2 is 2.12 bits per heavy atom. The van der Waals surface area contributed by atoms with Crippen molar-refractivity contribution in [2.45, 2.75) is 45.1 Å². The van der Waals surface area contributed by atoms with E-state index in [1.165, 1.54) is 6.20 Å². The van der Waals surface area contributed by atoms with Gasteiger partial charge in [-0.15, -0.1) is 0 Å². The molecule has 1 N–H and O–H groups in total. The van der Waals surface area contributed by atoms with Crippen LogP contribution >= 0.6 is 0 Å². The van der Waals surface area contributed by atoms with Gasteiger partial charge in [0.1, 0.15) is 5.75 Å². The highest BCUT2D eigenvalue weighted by Crippen LogP contribution is 2.36. The van der Waals surface area contributed by atoms with Crippen LogP contribution in [-0.4, -0.2) is 22.2 Å². The van der Waals surface area contributed by atoms with Crippen LogP contribution in [0.2, 0.25) is 0 Å². The second kappa shape index (κ2) is 4.02. The lowest BCUT2D eigenvalue weighted by Gasteiger charge is -2.24. The van der Waals surface area contributed by atoms with E-state index in [1.807, 2.05) is 20.8 Å². The molecule has 1 aliphatic carbocycles. The van der Waals surface area contributed by atoms with Crippen LogP contribution in [0.3, 0.4) is 0 Å². The fourth-order valence-corrected chi connectivity index (χ4v) is 1.79. The van der Waals surface area contributed by atoms with Crippen molar-refractivity contribution in [3.8, 4) is 5.75 Å². The van der Waals surface area contributed by atoms with E-state index in [4.69, 9.17) is 4.74 Å². The molecule has 1 aromatic rings. The molecule has 92 valence electrons. The average Bonchev–Trinajstić information content (AvgIpc) is 2.99. The summed E-state index contributed by atoms with van der Waals surface area (Å²) in [6.07, 6.45) is 3.85.